The lowest BCUT2D eigenvalue weighted by molar-refractivity contribution is 0.608. The maximum atomic E-state index is 14.9. The molecule has 3 aromatic rings. The molecule has 7 heteroatoms. The largest absolute Gasteiger partial charge is 0.345 e. The summed E-state index contributed by atoms with van der Waals surface area (Å²) in [5.74, 6) is -0.675. The van der Waals surface area contributed by atoms with Gasteiger partial charge in [-0.25, -0.2) is 18.7 Å². The molecule has 0 saturated carbocycles. The Morgan fingerprint density at radius 3 is 2.81 bits per heavy atom. The molecule has 5 nitrogen and oxygen atoms in total. The summed E-state index contributed by atoms with van der Waals surface area (Å²) >= 11 is 0. The molecule has 0 atom stereocenters. The van der Waals surface area contributed by atoms with Gasteiger partial charge in [-0.2, -0.15) is 0 Å². The lowest BCUT2D eigenvalue weighted by atomic mass is 9.99. The van der Waals surface area contributed by atoms with Crippen molar-refractivity contribution in [2.75, 3.05) is 16.8 Å². The quantitative estimate of drug-likeness (QED) is 0.600. The van der Waals surface area contributed by atoms with E-state index >= 15 is 0 Å². The Kier molecular flexibility index (Phi) is 5.35. The van der Waals surface area contributed by atoms with Crippen molar-refractivity contribution in [2.45, 2.75) is 39.3 Å². The van der Waals surface area contributed by atoms with Gasteiger partial charge in [0.25, 0.3) is 0 Å². The first-order chi connectivity index (χ1) is 15.5. The fraction of sp³-hybridized carbons (Fsp3) is 0.280. The van der Waals surface area contributed by atoms with Crippen molar-refractivity contribution in [3.8, 4) is 11.3 Å². The molecule has 1 aromatic heterocycles. The highest BCUT2D eigenvalue weighted by atomic mass is 19.1. The summed E-state index contributed by atoms with van der Waals surface area (Å²) in [5.41, 5.74) is 5.21. The molecular formula is C25H25F2N5. The van der Waals surface area contributed by atoms with E-state index < -0.39 is 5.82 Å². The summed E-state index contributed by atoms with van der Waals surface area (Å²) in [4.78, 5) is 10.5. The van der Waals surface area contributed by atoms with Gasteiger partial charge in [-0.15, -0.1) is 0 Å². The molecule has 0 unspecified atom stereocenters. The van der Waals surface area contributed by atoms with Crippen LogP contribution in [0.15, 0.2) is 48.8 Å². The minimum absolute atomic E-state index is 0.0737. The van der Waals surface area contributed by atoms with E-state index in [0.29, 0.717) is 17.5 Å². The molecule has 164 valence electrons. The Hall–Kier alpha value is -3.32. The second-order valence-electron chi connectivity index (χ2n) is 8.47. The molecular weight excluding hydrogens is 408 g/mol. The van der Waals surface area contributed by atoms with Crippen LogP contribution in [0.2, 0.25) is 0 Å². The molecule has 0 radical (unpaired) electrons. The number of allylic oxidation sites excluding steroid dienone is 1. The minimum Gasteiger partial charge on any atom is -0.345 e. The van der Waals surface area contributed by atoms with Gasteiger partial charge in [0.1, 0.15) is 11.5 Å². The van der Waals surface area contributed by atoms with E-state index in [0.717, 1.165) is 37.1 Å². The van der Waals surface area contributed by atoms with Crippen LogP contribution in [0, 0.1) is 11.6 Å². The van der Waals surface area contributed by atoms with Gasteiger partial charge in [0.05, 0.1) is 6.20 Å². The zero-order valence-electron chi connectivity index (χ0n) is 18.1. The third-order valence-electron chi connectivity index (χ3n) is 5.96. The fourth-order valence-electron chi connectivity index (χ4n) is 4.32. The molecule has 0 aliphatic carbocycles. The Morgan fingerprint density at radius 2 is 1.97 bits per heavy atom. The summed E-state index contributed by atoms with van der Waals surface area (Å²) in [5, 5.41) is 6.52. The lowest BCUT2D eigenvalue weighted by Crippen LogP contribution is -2.28. The summed E-state index contributed by atoms with van der Waals surface area (Å²) in [6, 6.07) is 9.42. The molecule has 0 spiro atoms. The highest BCUT2D eigenvalue weighted by Gasteiger charge is 2.22. The molecule has 0 amide bonds. The Balaban J connectivity index is 1.50. The highest BCUT2D eigenvalue weighted by Crippen LogP contribution is 2.35. The molecule has 0 saturated heterocycles. The normalized spacial score (nSPS) is 15.0. The number of nitrogens with one attached hydrogen (secondary N) is 2. The van der Waals surface area contributed by atoms with Crippen molar-refractivity contribution in [3.63, 3.8) is 0 Å². The zero-order chi connectivity index (χ0) is 22.2. The Labute approximate surface area is 186 Å². The molecule has 32 heavy (non-hydrogen) atoms. The first-order valence-corrected chi connectivity index (χ1v) is 10.9. The van der Waals surface area contributed by atoms with E-state index in [2.05, 4.69) is 32.7 Å². The van der Waals surface area contributed by atoms with Gasteiger partial charge in [0.15, 0.2) is 5.82 Å². The van der Waals surface area contributed by atoms with Crippen LogP contribution >= 0.6 is 0 Å². The molecule has 3 heterocycles. The highest BCUT2D eigenvalue weighted by molar-refractivity contribution is 5.72. The van der Waals surface area contributed by atoms with E-state index in [1.165, 1.54) is 17.2 Å². The second-order valence-corrected chi connectivity index (χ2v) is 8.47. The number of hydrogen-bond acceptors (Lipinski definition) is 5. The molecule has 2 aromatic carbocycles. The van der Waals surface area contributed by atoms with Crippen molar-refractivity contribution in [2.24, 2.45) is 0 Å². The minimum atomic E-state index is -0.589. The van der Waals surface area contributed by atoms with Gasteiger partial charge in [-0.05, 0) is 68.6 Å². The molecule has 2 aliphatic rings. The van der Waals surface area contributed by atoms with E-state index in [1.54, 1.807) is 0 Å². The predicted octanol–water partition coefficient (Wildman–Crippen LogP) is 5.10. The van der Waals surface area contributed by atoms with Gasteiger partial charge in [-0.3, -0.25) is 0 Å². The van der Waals surface area contributed by atoms with Crippen LogP contribution in [0.25, 0.3) is 11.3 Å². The van der Waals surface area contributed by atoms with Crippen LogP contribution in [0.3, 0.4) is 0 Å². The van der Waals surface area contributed by atoms with Gasteiger partial charge in [-0.1, -0.05) is 12.1 Å². The van der Waals surface area contributed by atoms with E-state index in [1.807, 2.05) is 43.2 Å². The number of anilines is 3. The van der Waals surface area contributed by atoms with Crippen molar-refractivity contribution in [1.82, 2.24) is 15.3 Å². The van der Waals surface area contributed by atoms with Crippen molar-refractivity contribution in [3.05, 3.63) is 77.1 Å². The molecule has 2 N–H and O–H groups in total. The van der Waals surface area contributed by atoms with E-state index in [9.17, 15) is 8.78 Å². The number of rotatable bonds is 4. The zero-order valence-corrected chi connectivity index (χ0v) is 18.1. The first-order valence-electron chi connectivity index (χ1n) is 10.9. The SMILES string of the molecule is CC(C)N1C=CCc2c(F)cc(-c3nc(Nc4ccc5c(c4)CCNC5)ncc3F)cc21. The third kappa shape index (κ3) is 3.84. The van der Waals surface area contributed by atoms with Gasteiger partial charge in [0, 0.05) is 41.3 Å². The summed E-state index contributed by atoms with van der Waals surface area (Å²) < 4.78 is 29.7. The molecule has 0 fully saturated rings. The monoisotopic (exact) mass is 433 g/mol. The number of benzene rings is 2. The average Bonchev–Trinajstić information content (AvgIpc) is 2.79. The van der Waals surface area contributed by atoms with Gasteiger partial charge in [0.2, 0.25) is 5.95 Å². The van der Waals surface area contributed by atoms with Crippen molar-refractivity contribution >= 4 is 17.3 Å². The second kappa shape index (κ2) is 8.31. The maximum absolute atomic E-state index is 14.9. The molecule has 2 aliphatic heterocycles. The van der Waals surface area contributed by atoms with E-state index in [-0.39, 0.29) is 23.5 Å². The standard InChI is InChI=1S/C25H25F2N5/c1-15(2)32-9-3-4-20-21(26)11-18(12-23(20)32)24-22(27)14-29-25(31-24)30-19-6-5-17-13-28-8-7-16(17)10-19/h3,5-6,9-12,14-15,28H,4,7-8,13H2,1-2H3,(H,29,30,31). The first kappa shape index (κ1) is 20.6. The number of hydrogen-bond donors (Lipinski definition) is 2. The van der Waals surface area contributed by atoms with Gasteiger partial charge < -0.3 is 15.5 Å². The van der Waals surface area contributed by atoms with Crippen LogP contribution in [0.5, 0.6) is 0 Å². The van der Waals surface area contributed by atoms with Crippen LogP contribution < -0.4 is 15.5 Å². The molecule has 5 rings (SSSR count). The third-order valence-corrected chi connectivity index (χ3v) is 5.96. The topological polar surface area (TPSA) is 53.1 Å². The fourth-order valence-corrected chi connectivity index (χ4v) is 4.32. The van der Waals surface area contributed by atoms with Crippen LogP contribution in [0.4, 0.5) is 26.1 Å². The summed E-state index contributed by atoms with van der Waals surface area (Å²) in [6.07, 6.45) is 6.48. The average molecular weight is 434 g/mol. The van der Waals surface area contributed by atoms with Crippen molar-refractivity contribution in [1.29, 1.82) is 0 Å². The van der Waals surface area contributed by atoms with Gasteiger partial charge >= 0.3 is 0 Å². The maximum Gasteiger partial charge on any atom is 0.227 e. The predicted molar refractivity (Wildman–Crippen MR) is 123 cm³/mol. The van der Waals surface area contributed by atoms with Crippen LogP contribution in [-0.4, -0.2) is 22.6 Å². The summed E-state index contributed by atoms with van der Waals surface area (Å²) in [7, 11) is 0. The van der Waals surface area contributed by atoms with Crippen LogP contribution in [0.1, 0.15) is 30.5 Å². The number of fused-ring (bicyclic) bond motifs is 2. The Morgan fingerprint density at radius 1 is 1.09 bits per heavy atom. The number of aromatic nitrogens is 2. The number of nitrogens with zero attached hydrogens (tertiary/aromatic N) is 3. The lowest BCUT2D eigenvalue weighted by Gasteiger charge is -2.30. The van der Waals surface area contributed by atoms with Crippen LogP contribution in [-0.2, 0) is 19.4 Å². The summed E-state index contributed by atoms with van der Waals surface area (Å²) in [6.45, 7) is 5.87. The number of halogens is 2. The van der Waals surface area contributed by atoms with Crippen molar-refractivity contribution < 1.29 is 8.78 Å². The smallest absolute Gasteiger partial charge is 0.227 e. The Bertz CT molecular complexity index is 1210. The molecule has 0 bridgehead atoms. The van der Waals surface area contributed by atoms with E-state index in [4.69, 9.17) is 0 Å².